The highest BCUT2D eigenvalue weighted by Gasteiger charge is 2.36. The number of nitrogens with zero attached hydrogens (tertiary/aromatic N) is 2. The molecule has 11 nitrogen and oxygen atoms in total. The number of ether oxygens (including phenoxy) is 1. The van der Waals surface area contributed by atoms with E-state index in [4.69, 9.17) is 14.4 Å². The lowest BCUT2D eigenvalue weighted by Crippen LogP contribution is -2.37. The second kappa shape index (κ2) is 9.40. The monoisotopic (exact) mass is 400 g/mol. The van der Waals surface area contributed by atoms with Gasteiger partial charge < -0.3 is 14.4 Å². The van der Waals surface area contributed by atoms with Gasteiger partial charge in [0.2, 0.25) is 0 Å². The van der Waals surface area contributed by atoms with E-state index < -0.39 is 47.6 Å². The van der Waals surface area contributed by atoms with Crippen LogP contribution in [-0.4, -0.2) is 58.4 Å². The standard InChI is InChI=1S/C17H22N2O9.H2/c1-3-11(17(25)28-19-14(22)6-7-15(19)23)26-9-8-10(2)16(24)27-18-12(20)4-5-13(18)21;/h10-11H,3-9H2,1-2H3;1H. The van der Waals surface area contributed by atoms with Gasteiger partial charge in [-0.25, -0.2) is 9.59 Å². The molecule has 0 aromatic carbocycles. The lowest BCUT2D eigenvalue weighted by Gasteiger charge is -2.19. The van der Waals surface area contributed by atoms with E-state index in [0.29, 0.717) is 10.1 Å². The summed E-state index contributed by atoms with van der Waals surface area (Å²) in [6, 6.07) is 0. The fourth-order valence-corrected chi connectivity index (χ4v) is 2.50. The Kier molecular flexibility index (Phi) is 7.21. The van der Waals surface area contributed by atoms with Crippen molar-refractivity contribution in [2.75, 3.05) is 6.61 Å². The number of hydrogen-bond donors (Lipinski definition) is 0. The van der Waals surface area contributed by atoms with Crippen molar-refractivity contribution in [3.63, 3.8) is 0 Å². The maximum atomic E-state index is 12.1. The predicted molar refractivity (Wildman–Crippen MR) is 90.3 cm³/mol. The first-order valence-corrected chi connectivity index (χ1v) is 9.01. The molecule has 0 aromatic heterocycles. The van der Waals surface area contributed by atoms with E-state index in [-0.39, 0.29) is 46.6 Å². The van der Waals surface area contributed by atoms with Crippen molar-refractivity contribution in [2.24, 2.45) is 5.92 Å². The average molecular weight is 400 g/mol. The number of hydrogen-bond acceptors (Lipinski definition) is 9. The topological polar surface area (TPSA) is 137 Å². The third-order valence-corrected chi connectivity index (χ3v) is 4.28. The summed E-state index contributed by atoms with van der Waals surface area (Å²) in [6.45, 7) is 3.16. The molecule has 156 valence electrons. The molecule has 0 spiro atoms. The Morgan fingerprint density at radius 1 is 0.893 bits per heavy atom. The van der Waals surface area contributed by atoms with Crippen LogP contribution in [0.15, 0.2) is 0 Å². The summed E-state index contributed by atoms with van der Waals surface area (Å²) in [4.78, 5) is 79.5. The Morgan fingerprint density at radius 2 is 1.32 bits per heavy atom. The fraction of sp³-hybridized carbons (Fsp3) is 0.647. The number of amides is 4. The van der Waals surface area contributed by atoms with Crippen LogP contribution in [0, 0.1) is 5.92 Å². The lowest BCUT2D eigenvalue weighted by molar-refractivity contribution is -0.206. The first kappa shape index (κ1) is 21.5. The van der Waals surface area contributed by atoms with Crippen LogP contribution >= 0.6 is 0 Å². The number of carbonyl (C=O) groups is 6. The van der Waals surface area contributed by atoms with Crippen molar-refractivity contribution < 1.29 is 44.6 Å². The molecule has 0 aliphatic carbocycles. The van der Waals surface area contributed by atoms with E-state index in [1.165, 1.54) is 6.92 Å². The van der Waals surface area contributed by atoms with E-state index in [2.05, 4.69) is 0 Å². The zero-order valence-electron chi connectivity index (χ0n) is 15.7. The molecule has 28 heavy (non-hydrogen) atoms. The third kappa shape index (κ3) is 5.12. The molecule has 0 N–H and O–H groups in total. The molecule has 2 unspecified atom stereocenters. The van der Waals surface area contributed by atoms with Gasteiger partial charge in [-0.3, -0.25) is 19.2 Å². The molecule has 2 heterocycles. The zero-order valence-corrected chi connectivity index (χ0v) is 15.7. The van der Waals surface area contributed by atoms with E-state index in [9.17, 15) is 28.8 Å². The minimum atomic E-state index is -1.02. The molecule has 4 amide bonds. The van der Waals surface area contributed by atoms with Crippen LogP contribution in [0.5, 0.6) is 0 Å². The Labute approximate surface area is 162 Å². The summed E-state index contributed by atoms with van der Waals surface area (Å²) in [7, 11) is 0. The first-order chi connectivity index (χ1) is 13.2. The number of imide groups is 2. The van der Waals surface area contributed by atoms with Crippen molar-refractivity contribution >= 4 is 35.6 Å². The van der Waals surface area contributed by atoms with Gasteiger partial charge in [0.1, 0.15) is 0 Å². The second-order valence-corrected chi connectivity index (χ2v) is 6.44. The molecule has 2 atom stereocenters. The van der Waals surface area contributed by atoms with Crippen molar-refractivity contribution in [1.82, 2.24) is 10.1 Å². The molecule has 0 radical (unpaired) electrons. The Morgan fingerprint density at radius 3 is 1.75 bits per heavy atom. The van der Waals surface area contributed by atoms with Crippen molar-refractivity contribution in [2.45, 2.75) is 58.5 Å². The van der Waals surface area contributed by atoms with Crippen LogP contribution in [0.2, 0.25) is 0 Å². The van der Waals surface area contributed by atoms with Crippen LogP contribution in [0.4, 0.5) is 0 Å². The normalized spacial score (nSPS) is 19.2. The van der Waals surface area contributed by atoms with E-state index in [0.717, 1.165) is 0 Å². The number of hydroxylamine groups is 4. The minimum absolute atomic E-state index is 0. The molecule has 2 aliphatic heterocycles. The van der Waals surface area contributed by atoms with Crippen LogP contribution in [0.25, 0.3) is 0 Å². The summed E-state index contributed by atoms with van der Waals surface area (Å²) < 4.78 is 5.39. The molecule has 0 aromatic rings. The van der Waals surface area contributed by atoms with Crippen LogP contribution < -0.4 is 0 Å². The van der Waals surface area contributed by atoms with Crippen LogP contribution in [0.3, 0.4) is 0 Å². The van der Waals surface area contributed by atoms with Gasteiger partial charge in [-0.1, -0.05) is 13.8 Å². The number of rotatable bonds is 9. The molecule has 0 saturated carbocycles. The summed E-state index contributed by atoms with van der Waals surface area (Å²) in [5.41, 5.74) is 0. The Bertz CT molecular complexity index is 664. The Hall–Kier alpha value is -2.82. The Balaban J connectivity index is 0.00000420. The van der Waals surface area contributed by atoms with Gasteiger partial charge in [0.15, 0.2) is 6.10 Å². The second-order valence-electron chi connectivity index (χ2n) is 6.44. The highest BCUT2D eigenvalue weighted by molar-refractivity contribution is 6.02. The van der Waals surface area contributed by atoms with Gasteiger partial charge in [-0.05, 0) is 12.8 Å². The van der Waals surface area contributed by atoms with E-state index in [1.54, 1.807) is 6.92 Å². The lowest BCUT2D eigenvalue weighted by atomic mass is 10.1. The minimum Gasteiger partial charge on any atom is -0.366 e. The zero-order chi connectivity index (χ0) is 20.8. The van der Waals surface area contributed by atoms with Crippen molar-refractivity contribution in [1.29, 1.82) is 0 Å². The van der Waals surface area contributed by atoms with E-state index >= 15 is 0 Å². The largest absolute Gasteiger partial charge is 0.366 e. The van der Waals surface area contributed by atoms with Crippen LogP contribution in [0.1, 0.15) is 53.8 Å². The third-order valence-electron chi connectivity index (χ3n) is 4.28. The molecule has 2 aliphatic rings. The molecular weight excluding hydrogens is 376 g/mol. The maximum Gasteiger partial charge on any atom is 0.361 e. The molecule has 2 fully saturated rings. The smallest absolute Gasteiger partial charge is 0.361 e. The SMILES string of the molecule is CCC(OCCC(C)C(=O)ON1C(=O)CCC1=O)C(=O)ON1C(=O)CCC1=O.[HH]. The highest BCUT2D eigenvalue weighted by Crippen LogP contribution is 2.17. The summed E-state index contributed by atoms with van der Waals surface area (Å²) in [5.74, 6) is -4.66. The maximum absolute atomic E-state index is 12.1. The summed E-state index contributed by atoms with van der Waals surface area (Å²) >= 11 is 0. The molecule has 2 saturated heterocycles. The van der Waals surface area contributed by atoms with Crippen molar-refractivity contribution in [3.8, 4) is 0 Å². The first-order valence-electron chi connectivity index (χ1n) is 9.01. The van der Waals surface area contributed by atoms with Crippen LogP contribution in [-0.2, 0) is 43.2 Å². The van der Waals surface area contributed by atoms with Crippen molar-refractivity contribution in [3.05, 3.63) is 0 Å². The van der Waals surface area contributed by atoms with E-state index in [1.807, 2.05) is 0 Å². The fourth-order valence-electron chi connectivity index (χ4n) is 2.50. The molecule has 2 rings (SSSR count). The molecule has 11 heteroatoms. The molecule has 0 bridgehead atoms. The molecular formula is C17H24N2O9. The van der Waals surface area contributed by atoms with Gasteiger partial charge in [0.25, 0.3) is 23.6 Å². The van der Waals surface area contributed by atoms with Gasteiger partial charge in [-0.2, -0.15) is 0 Å². The quantitative estimate of drug-likeness (QED) is 0.499. The predicted octanol–water partition coefficient (Wildman–Crippen LogP) is 0.268. The highest BCUT2D eigenvalue weighted by atomic mass is 16.7. The van der Waals surface area contributed by atoms with Gasteiger partial charge in [-0.15, -0.1) is 10.1 Å². The van der Waals surface area contributed by atoms with Gasteiger partial charge in [0.05, 0.1) is 5.92 Å². The van der Waals surface area contributed by atoms with Gasteiger partial charge in [0, 0.05) is 33.7 Å². The summed E-state index contributed by atoms with van der Waals surface area (Å²) in [6.07, 6.45) is -0.647. The van der Waals surface area contributed by atoms with Gasteiger partial charge >= 0.3 is 11.9 Å². The number of carbonyl (C=O) groups excluding carboxylic acids is 6. The summed E-state index contributed by atoms with van der Waals surface area (Å²) in [5, 5.41) is 0.911. The average Bonchev–Trinajstić information content (AvgIpc) is 3.14.